The predicted octanol–water partition coefficient (Wildman–Crippen LogP) is 3.78. The van der Waals surface area contributed by atoms with Crippen molar-refractivity contribution in [1.82, 2.24) is 15.0 Å². The van der Waals surface area contributed by atoms with E-state index in [1.165, 1.54) is 24.3 Å². The number of amides is 1. The monoisotopic (exact) mass is 490 g/mol. The average Bonchev–Trinajstić information content (AvgIpc) is 3.32. The highest BCUT2D eigenvalue weighted by atomic mass is 19.1. The number of hydrogen-bond donors (Lipinski definition) is 2. The van der Waals surface area contributed by atoms with Crippen LogP contribution < -0.4 is 16.0 Å². The van der Waals surface area contributed by atoms with E-state index in [1.54, 1.807) is 0 Å². The number of aromatic nitrogens is 3. The number of carbonyl (C=O) groups is 2. The Kier molecular flexibility index (Phi) is 6.75. The molecule has 10 heteroatoms. The van der Waals surface area contributed by atoms with Gasteiger partial charge in [-0.1, -0.05) is 31.0 Å². The first kappa shape index (κ1) is 23.7. The minimum atomic E-state index is -0.519. The average molecular weight is 491 g/mol. The van der Waals surface area contributed by atoms with Gasteiger partial charge in [-0.2, -0.15) is 15.0 Å². The molecule has 0 radical (unpaired) electrons. The molecule has 186 valence electrons. The summed E-state index contributed by atoms with van der Waals surface area (Å²) < 4.78 is 18.7. The molecule has 0 saturated heterocycles. The van der Waals surface area contributed by atoms with Crippen molar-refractivity contribution in [2.45, 2.75) is 38.7 Å². The van der Waals surface area contributed by atoms with E-state index < -0.39 is 17.8 Å². The molecular weight excluding hydrogens is 463 g/mol. The Balaban J connectivity index is 1.25. The molecule has 1 aromatic heterocycles. The lowest BCUT2D eigenvalue weighted by Crippen LogP contribution is -2.42. The Morgan fingerprint density at radius 3 is 2.58 bits per heavy atom. The number of nitrogens with zero attached hydrogens (tertiary/aromatic N) is 4. The van der Waals surface area contributed by atoms with Crippen LogP contribution in [0, 0.1) is 17.7 Å². The highest BCUT2D eigenvalue weighted by Crippen LogP contribution is 2.36. The van der Waals surface area contributed by atoms with Crippen LogP contribution in [0.5, 0.6) is 0 Å². The first-order valence-electron chi connectivity index (χ1n) is 12.1. The van der Waals surface area contributed by atoms with E-state index in [0.29, 0.717) is 25.1 Å². The summed E-state index contributed by atoms with van der Waals surface area (Å²) in [6.07, 6.45) is 3.84. The van der Waals surface area contributed by atoms with Gasteiger partial charge in [-0.05, 0) is 55.2 Å². The standard InChI is InChI=1S/C26H27FN6O3/c27-17-9-11-18(12-10-17)29-26-31-22(30-25(28)32-26)15-36-24(35)20-7-3-2-6-19(20)23(34)33-14-13-16-5-1-4-8-21(16)33/h1,4-5,8-12,19-20H,2-3,6-7,13-15H2,(H3,28,29,30,31,32). The lowest BCUT2D eigenvalue weighted by atomic mass is 9.78. The van der Waals surface area contributed by atoms with Gasteiger partial charge in [0.1, 0.15) is 5.82 Å². The molecule has 1 aliphatic heterocycles. The molecule has 1 aliphatic carbocycles. The Labute approximate surface area is 207 Å². The summed E-state index contributed by atoms with van der Waals surface area (Å²) in [6.45, 7) is 0.429. The molecule has 2 aromatic carbocycles. The van der Waals surface area contributed by atoms with Gasteiger partial charge in [0.25, 0.3) is 0 Å². The van der Waals surface area contributed by atoms with E-state index in [9.17, 15) is 14.0 Å². The number of carbonyl (C=O) groups excluding carboxylic acids is 2. The van der Waals surface area contributed by atoms with E-state index in [-0.39, 0.29) is 36.1 Å². The van der Waals surface area contributed by atoms with E-state index in [2.05, 4.69) is 20.3 Å². The smallest absolute Gasteiger partial charge is 0.310 e. The minimum Gasteiger partial charge on any atom is -0.457 e. The molecule has 2 unspecified atom stereocenters. The molecule has 1 saturated carbocycles. The molecular formula is C26H27FN6O3. The van der Waals surface area contributed by atoms with E-state index in [4.69, 9.17) is 10.5 Å². The van der Waals surface area contributed by atoms with Crippen molar-refractivity contribution in [2.75, 3.05) is 22.5 Å². The number of benzene rings is 2. The number of fused-ring (bicyclic) bond motifs is 1. The van der Waals surface area contributed by atoms with Crippen molar-refractivity contribution in [1.29, 1.82) is 0 Å². The largest absolute Gasteiger partial charge is 0.457 e. The van der Waals surface area contributed by atoms with Gasteiger partial charge in [-0.25, -0.2) is 4.39 Å². The number of ether oxygens (including phenoxy) is 1. The SMILES string of the molecule is Nc1nc(COC(=O)C2CCCCC2C(=O)N2CCc3ccccc32)nc(Nc2ccc(F)cc2)n1. The number of rotatable bonds is 6. The first-order valence-corrected chi connectivity index (χ1v) is 12.1. The summed E-state index contributed by atoms with van der Waals surface area (Å²) in [5.41, 5.74) is 8.45. The minimum absolute atomic E-state index is 0.0169. The summed E-state index contributed by atoms with van der Waals surface area (Å²) in [5, 5.41) is 2.93. The summed E-state index contributed by atoms with van der Waals surface area (Å²) in [6, 6.07) is 13.6. The number of hydrogen-bond acceptors (Lipinski definition) is 8. The van der Waals surface area contributed by atoms with E-state index in [1.807, 2.05) is 29.2 Å². The number of esters is 1. The van der Waals surface area contributed by atoms with Gasteiger partial charge in [-0.15, -0.1) is 0 Å². The lowest BCUT2D eigenvalue weighted by molar-refractivity contribution is -0.155. The fraction of sp³-hybridized carbons (Fsp3) is 0.346. The molecule has 1 fully saturated rings. The molecule has 0 spiro atoms. The Morgan fingerprint density at radius 1 is 1.03 bits per heavy atom. The molecule has 2 heterocycles. The topological polar surface area (TPSA) is 123 Å². The molecule has 0 bridgehead atoms. The Morgan fingerprint density at radius 2 is 1.78 bits per heavy atom. The second-order valence-corrected chi connectivity index (χ2v) is 9.04. The van der Waals surface area contributed by atoms with Gasteiger partial charge in [0.2, 0.25) is 17.8 Å². The van der Waals surface area contributed by atoms with Crippen LogP contribution in [0.25, 0.3) is 0 Å². The quantitative estimate of drug-likeness (QED) is 0.501. The van der Waals surface area contributed by atoms with Crippen molar-refractivity contribution in [2.24, 2.45) is 11.8 Å². The predicted molar refractivity (Wildman–Crippen MR) is 132 cm³/mol. The van der Waals surface area contributed by atoms with Crippen LogP contribution in [-0.4, -0.2) is 33.4 Å². The summed E-state index contributed by atoms with van der Waals surface area (Å²) in [4.78, 5) is 40.7. The third-order valence-electron chi connectivity index (χ3n) is 6.68. The number of anilines is 4. The van der Waals surface area contributed by atoms with Crippen LogP contribution in [0.2, 0.25) is 0 Å². The van der Waals surface area contributed by atoms with Crippen molar-refractivity contribution in [3.05, 3.63) is 65.7 Å². The van der Waals surface area contributed by atoms with Gasteiger partial charge in [0.15, 0.2) is 12.4 Å². The van der Waals surface area contributed by atoms with Gasteiger partial charge in [0.05, 0.1) is 11.8 Å². The fourth-order valence-electron chi connectivity index (χ4n) is 4.94. The van der Waals surface area contributed by atoms with Gasteiger partial charge in [0, 0.05) is 17.9 Å². The lowest BCUT2D eigenvalue weighted by Gasteiger charge is -2.32. The second kappa shape index (κ2) is 10.3. The summed E-state index contributed by atoms with van der Waals surface area (Å²) in [7, 11) is 0. The van der Waals surface area contributed by atoms with Crippen LogP contribution >= 0.6 is 0 Å². The maximum atomic E-state index is 13.5. The zero-order valence-electron chi connectivity index (χ0n) is 19.7. The molecule has 2 aliphatic rings. The fourth-order valence-corrected chi connectivity index (χ4v) is 4.94. The molecule has 3 aromatic rings. The number of nitrogens with one attached hydrogen (secondary N) is 1. The summed E-state index contributed by atoms with van der Waals surface area (Å²) >= 11 is 0. The van der Waals surface area contributed by atoms with Crippen molar-refractivity contribution < 1.29 is 18.7 Å². The Hall–Kier alpha value is -4.08. The first-order chi connectivity index (χ1) is 17.5. The summed E-state index contributed by atoms with van der Waals surface area (Å²) in [5.74, 6) is -1.47. The Bertz CT molecular complexity index is 1270. The van der Waals surface area contributed by atoms with Gasteiger partial charge in [-0.3, -0.25) is 9.59 Å². The maximum Gasteiger partial charge on any atom is 0.310 e. The molecule has 2 atom stereocenters. The number of nitrogen functional groups attached to an aromatic ring is 1. The van der Waals surface area contributed by atoms with Gasteiger partial charge < -0.3 is 20.7 Å². The van der Waals surface area contributed by atoms with Crippen molar-refractivity contribution in [3.8, 4) is 0 Å². The molecule has 3 N–H and O–H groups in total. The normalized spacial score (nSPS) is 19.0. The van der Waals surface area contributed by atoms with Crippen molar-refractivity contribution in [3.63, 3.8) is 0 Å². The zero-order chi connectivity index (χ0) is 25.1. The third-order valence-corrected chi connectivity index (χ3v) is 6.68. The third kappa shape index (κ3) is 5.12. The number of halogens is 1. The molecule has 9 nitrogen and oxygen atoms in total. The van der Waals surface area contributed by atoms with Crippen LogP contribution in [-0.2, 0) is 27.4 Å². The molecule has 5 rings (SSSR count). The maximum absolute atomic E-state index is 13.5. The number of nitrogens with two attached hydrogens (primary N) is 1. The molecule has 1 amide bonds. The molecule has 36 heavy (non-hydrogen) atoms. The van der Waals surface area contributed by atoms with Crippen LogP contribution in [0.15, 0.2) is 48.5 Å². The van der Waals surface area contributed by atoms with Crippen molar-refractivity contribution >= 4 is 35.1 Å². The van der Waals surface area contributed by atoms with Crippen LogP contribution in [0.1, 0.15) is 37.1 Å². The van der Waals surface area contributed by atoms with E-state index >= 15 is 0 Å². The second-order valence-electron chi connectivity index (χ2n) is 9.04. The van der Waals surface area contributed by atoms with Crippen LogP contribution in [0.3, 0.4) is 0 Å². The zero-order valence-corrected chi connectivity index (χ0v) is 19.7. The van der Waals surface area contributed by atoms with Crippen LogP contribution in [0.4, 0.5) is 27.7 Å². The highest BCUT2D eigenvalue weighted by Gasteiger charge is 2.40. The van der Waals surface area contributed by atoms with Gasteiger partial charge >= 0.3 is 5.97 Å². The number of para-hydroxylation sites is 1. The highest BCUT2D eigenvalue weighted by molar-refractivity contribution is 5.99. The van der Waals surface area contributed by atoms with E-state index in [0.717, 1.165) is 30.5 Å².